The van der Waals surface area contributed by atoms with Gasteiger partial charge in [-0.05, 0) is 19.4 Å². The molecule has 0 atom stereocenters. The zero-order valence-electron chi connectivity index (χ0n) is 8.71. The van der Waals surface area contributed by atoms with E-state index in [-0.39, 0.29) is 0 Å². The molecule has 0 unspecified atom stereocenters. The molecular weight excluding hydrogens is 180 g/mol. The van der Waals surface area contributed by atoms with E-state index < -0.39 is 0 Å². The van der Waals surface area contributed by atoms with E-state index in [9.17, 15) is 0 Å². The Hall–Kier alpha value is -0.123. The van der Waals surface area contributed by atoms with Crippen LogP contribution in [0.5, 0.6) is 0 Å². The van der Waals surface area contributed by atoms with E-state index in [0.717, 1.165) is 32.3 Å². The summed E-state index contributed by atoms with van der Waals surface area (Å²) in [5.74, 6) is 0. The van der Waals surface area contributed by atoms with Crippen LogP contribution in [0.4, 0.5) is 0 Å². The summed E-state index contributed by atoms with van der Waals surface area (Å²) in [6, 6.07) is 1.03. The minimum absolute atomic E-state index is 0.584. The van der Waals surface area contributed by atoms with Gasteiger partial charge in [0.05, 0.1) is 13.2 Å². The Morgan fingerprint density at radius 3 is 2.77 bits per heavy atom. The Morgan fingerprint density at radius 1 is 1.23 bits per heavy atom. The molecule has 0 saturated heterocycles. The fourth-order valence-electron chi connectivity index (χ4n) is 0.746. The summed E-state index contributed by atoms with van der Waals surface area (Å²) >= 11 is 0. The predicted octanol–water partition coefficient (Wildman–Crippen LogP) is 2.43. The van der Waals surface area contributed by atoms with Gasteiger partial charge >= 0.3 is 0 Å². The first kappa shape index (κ1) is 12.9. The van der Waals surface area contributed by atoms with Crippen LogP contribution in [0.15, 0.2) is 12.2 Å². The second-order valence-corrected chi connectivity index (χ2v) is 3.72. The molecule has 0 aromatic carbocycles. The summed E-state index contributed by atoms with van der Waals surface area (Å²) in [4.78, 5) is 0. The van der Waals surface area contributed by atoms with Crippen molar-refractivity contribution in [2.24, 2.45) is 0 Å². The third kappa shape index (κ3) is 11.9. The lowest BCUT2D eigenvalue weighted by Crippen LogP contribution is -2.07. The summed E-state index contributed by atoms with van der Waals surface area (Å²) in [7, 11) is 0.584. The van der Waals surface area contributed by atoms with Gasteiger partial charge in [-0.2, -0.15) is 0 Å². The molecule has 2 radical (unpaired) electrons. The molecule has 0 amide bonds. The molecular formula is C10H20O2Si. The molecule has 0 rings (SSSR count). The van der Waals surface area contributed by atoms with Crippen molar-refractivity contribution in [2.45, 2.75) is 32.7 Å². The van der Waals surface area contributed by atoms with Crippen molar-refractivity contribution >= 4 is 9.76 Å². The van der Waals surface area contributed by atoms with Gasteiger partial charge < -0.3 is 9.16 Å². The average molecular weight is 200 g/mol. The molecule has 0 heterocycles. The largest absolute Gasteiger partial charge is 0.415 e. The second-order valence-electron chi connectivity index (χ2n) is 2.73. The zero-order valence-corrected chi connectivity index (χ0v) is 9.71. The summed E-state index contributed by atoms with van der Waals surface area (Å²) in [5, 5.41) is 0. The summed E-state index contributed by atoms with van der Waals surface area (Å²) in [6.07, 6.45) is 6.52. The van der Waals surface area contributed by atoms with Crippen molar-refractivity contribution in [3.8, 4) is 0 Å². The highest BCUT2D eigenvalue weighted by molar-refractivity contribution is 6.27. The van der Waals surface area contributed by atoms with Gasteiger partial charge in [-0.25, -0.2) is 0 Å². The van der Waals surface area contributed by atoms with Crippen LogP contribution < -0.4 is 0 Å². The van der Waals surface area contributed by atoms with Crippen molar-refractivity contribution in [2.75, 3.05) is 19.8 Å². The molecule has 0 aromatic heterocycles. The van der Waals surface area contributed by atoms with Gasteiger partial charge in [-0.1, -0.05) is 25.5 Å². The molecule has 0 aliphatic heterocycles. The van der Waals surface area contributed by atoms with Gasteiger partial charge in [0, 0.05) is 6.61 Å². The fraction of sp³-hybridized carbons (Fsp3) is 0.800. The van der Waals surface area contributed by atoms with E-state index in [1.807, 2.05) is 13.0 Å². The molecule has 0 fully saturated rings. The van der Waals surface area contributed by atoms with Crippen LogP contribution in [0.3, 0.4) is 0 Å². The van der Waals surface area contributed by atoms with Crippen molar-refractivity contribution in [1.29, 1.82) is 0 Å². The van der Waals surface area contributed by atoms with Gasteiger partial charge in [0.25, 0.3) is 0 Å². The molecule has 13 heavy (non-hydrogen) atoms. The Kier molecular flexibility index (Phi) is 11.8. The minimum Gasteiger partial charge on any atom is -0.415 e. The molecule has 2 nitrogen and oxygen atoms in total. The number of unbranched alkanes of at least 4 members (excludes halogenated alkanes) is 1. The maximum Gasteiger partial charge on any atom is 0.233 e. The quantitative estimate of drug-likeness (QED) is 0.323. The molecule has 3 heteroatoms. The van der Waals surface area contributed by atoms with Crippen molar-refractivity contribution in [3.05, 3.63) is 12.2 Å². The number of hydrogen-bond donors (Lipinski definition) is 0. The van der Waals surface area contributed by atoms with E-state index in [1.165, 1.54) is 6.42 Å². The first-order valence-corrected chi connectivity index (χ1v) is 6.07. The zero-order chi connectivity index (χ0) is 9.78. The molecule has 0 aliphatic rings. The standard InChI is InChI=1S/C10H20O2Si/c1-3-5-7-11-8-9-12-13-10-6-4-2/h4,6H,3,5,7-10H2,1-2H3/b6-4+. The molecule has 0 N–H and O–H groups in total. The highest BCUT2D eigenvalue weighted by atomic mass is 28.2. The van der Waals surface area contributed by atoms with Gasteiger partial charge in [0.1, 0.15) is 0 Å². The van der Waals surface area contributed by atoms with Crippen LogP contribution in [-0.4, -0.2) is 29.6 Å². The topological polar surface area (TPSA) is 18.5 Å². The third-order valence-corrected chi connectivity index (χ3v) is 2.32. The summed E-state index contributed by atoms with van der Waals surface area (Å²) in [6.45, 7) is 6.54. The van der Waals surface area contributed by atoms with Crippen molar-refractivity contribution < 1.29 is 9.16 Å². The number of ether oxygens (including phenoxy) is 1. The normalized spacial score (nSPS) is 11.2. The van der Waals surface area contributed by atoms with Crippen LogP contribution >= 0.6 is 0 Å². The highest BCUT2D eigenvalue weighted by Gasteiger charge is 1.89. The maximum absolute atomic E-state index is 5.37. The minimum atomic E-state index is 0.584. The molecule has 0 bridgehead atoms. The maximum atomic E-state index is 5.37. The van der Waals surface area contributed by atoms with E-state index in [0.29, 0.717) is 9.76 Å². The molecule has 76 valence electrons. The Balaban J connectivity index is 2.83. The van der Waals surface area contributed by atoms with Gasteiger partial charge in [0.15, 0.2) is 0 Å². The first-order chi connectivity index (χ1) is 6.41. The smallest absolute Gasteiger partial charge is 0.233 e. The Labute approximate surface area is 84.3 Å². The van der Waals surface area contributed by atoms with E-state index in [1.54, 1.807) is 0 Å². The van der Waals surface area contributed by atoms with Crippen LogP contribution in [0.25, 0.3) is 0 Å². The Bertz CT molecular complexity index is 115. The fourth-order valence-corrected chi connectivity index (χ4v) is 1.42. The summed E-state index contributed by atoms with van der Waals surface area (Å²) < 4.78 is 10.7. The lowest BCUT2D eigenvalue weighted by molar-refractivity contribution is 0.0995. The van der Waals surface area contributed by atoms with Gasteiger partial charge in [-0.15, -0.1) is 0 Å². The molecule has 0 saturated carbocycles. The number of rotatable bonds is 9. The SMILES string of the molecule is C/C=C/C[Si]OCCOCCCC. The highest BCUT2D eigenvalue weighted by Crippen LogP contribution is 1.88. The molecule has 0 aromatic rings. The first-order valence-electron chi connectivity index (χ1n) is 4.95. The van der Waals surface area contributed by atoms with Crippen LogP contribution in [0.1, 0.15) is 26.7 Å². The second kappa shape index (κ2) is 11.9. The van der Waals surface area contributed by atoms with Gasteiger partial charge in [0.2, 0.25) is 9.76 Å². The number of hydrogen-bond acceptors (Lipinski definition) is 2. The summed E-state index contributed by atoms with van der Waals surface area (Å²) in [5.41, 5.74) is 0. The molecule has 0 aliphatic carbocycles. The van der Waals surface area contributed by atoms with E-state index in [2.05, 4.69) is 13.0 Å². The third-order valence-electron chi connectivity index (χ3n) is 1.51. The Morgan fingerprint density at radius 2 is 2.08 bits per heavy atom. The van der Waals surface area contributed by atoms with Crippen LogP contribution in [0.2, 0.25) is 6.04 Å². The monoisotopic (exact) mass is 200 g/mol. The van der Waals surface area contributed by atoms with E-state index in [4.69, 9.17) is 9.16 Å². The van der Waals surface area contributed by atoms with Crippen molar-refractivity contribution in [1.82, 2.24) is 0 Å². The number of allylic oxidation sites excluding steroid dienone is 2. The van der Waals surface area contributed by atoms with Crippen LogP contribution in [-0.2, 0) is 9.16 Å². The average Bonchev–Trinajstić information content (AvgIpc) is 2.16. The predicted molar refractivity (Wildman–Crippen MR) is 57.1 cm³/mol. The van der Waals surface area contributed by atoms with Crippen molar-refractivity contribution in [3.63, 3.8) is 0 Å². The molecule has 0 spiro atoms. The van der Waals surface area contributed by atoms with Gasteiger partial charge in [-0.3, -0.25) is 0 Å². The lowest BCUT2D eigenvalue weighted by atomic mass is 10.4. The van der Waals surface area contributed by atoms with E-state index >= 15 is 0 Å². The van der Waals surface area contributed by atoms with Crippen LogP contribution in [0, 0.1) is 0 Å². The lowest BCUT2D eigenvalue weighted by Gasteiger charge is -2.02.